The van der Waals surface area contributed by atoms with Gasteiger partial charge < -0.3 is 0 Å². The number of nitrogens with one attached hydrogen (secondary N) is 2. The highest BCUT2D eigenvalue weighted by atomic mass is 16.2. The van der Waals surface area contributed by atoms with Gasteiger partial charge in [-0.2, -0.15) is 4.99 Å². The van der Waals surface area contributed by atoms with Crippen molar-refractivity contribution in [1.82, 2.24) is 20.6 Å². The lowest BCUT2D eigenvalue weighted by atomic mass is 9.99. The first-order valence-electron chi connectivity index (χ1n) is 8.85. The number of rotatable bonds is 4. The zero-order valence-corrected chi connectivity index (χ0v) is 15.5. The Morgan fingerprint density at radius 2 is 1.69 bits per heavy atom. The van der Waals surface area contributed by atoms with Gasteiger partial charge in [-0.1, -0.05) is 19.8 Å². The highest BCUT2D eigenvalue weighted by Crippen LogP contribution is 2.22. The predicted octanol–water partition coefficient (Wildman–Crippen LogP) is 2.59. The number of carbonyl (C=O) groups is 2. The Bertz CT molecular complexity index is 900. The van der Waals surface area contributed by atoms with Crippen molar-refractivity contribution in [3.8, 4) is 0 Å². The number of fused-ring (bicyclic) bond motifs is 1. The van der Waals surface area contributed by atoms with E-state index < -0.39 is 5.92 Å². The maximum atomic E-state index is 12.2. The quantitative estimate of drug-likeness (QED) is 0.826. The topological polar surface area (TPSA) is 96.3 Å². The lowest BCUT2D eigenvalue weighted by Gasteiger charge is -2.22. The van der Waals surface area contributed by atoms with Gasteiger partial charge in [0, 0.05) is 5.39 Å². The van der Waals surface area contributed by atoms with Crippen LogP contribution in [0.5, 0.6) is 0 Å². The monoisotopic (exact) mass is 353 g/mol. The number of benzene rings is 1. The number of nitrogens with zero attached hydrogens (tertiary/aromatic N) is 3. The Morgan fingerprint density at radius 3 is 2.35 bits per heavy atom. The summed E-state index contributed by atoms with van der Waals surface area (Å²) in [5.74, 6) is -1.04. The second-order valence-corrected chi connectivity index (χ2v) is 6.70. The van der Waals surface area contributed by atoms with E-state index in [0.29, 0.717) is 6.42 Å². The standard InChI is InChI=1S/C19H23N5O2/c1-5-6-7-13-16(25)22-19(23-17(13)26)24-18-20-12(4)14-8-10(2)11(3)9-15(14)21-18/h8-9,13H,5-7H2,1-4H3,(H2,20,21,22,23,24,25,26). The van der Waals surface area contributed by atoms with E-state index in [1.807, 2.05) is 33.8 Å². The molecule has 2 N–H and O–H groups in total. The smallest absolute Gasteiger partial charge is 0.253 e. The second kappa shape index (κ2) is 7.19. The zero-order chi connectivity index (χ0) is 18.8. The molecule has 1 aliphatic heterocycles. The SMILES string of the molecule is CCCCC1C(=O)NC(=Nc2nc(C)c3cc(C)c(C)cc3n2)NC1=O. The van der Waals surface area contributed by atoms with Gasteiger partial charge in [0.15, 0.2) is 0 Å². The van der Waals surface area contributed by atoms with Gasteiger partial charge in [0.2, 0.25) is 17.8 Å². The van der Waals surface area contributed by atoms with Crippen molar-refractivity contribution in [3.63, 3.8) is 0 Å². The van der Waals surface area contributed by atoms with Crippen molar-refractivity contribution in [2.24, 2.45) is 10.9 Å². The molecule has 0 saturated carbocycles. The molecule has 0 spiro atoms. The first-order chi connectivity index (χ1) is 12.4. The van der Waals surface area contributed by atoms with Crippen molar-refractivity contribution in [2.45, 2.75) is 47.0 Å². The Balaban J connectivity index is 1.89. The summed E-state index contributed by atoms with van der Waals surface area (Å²) in [7, 11) is 0. The Hall–Kier alpha value is -2.83. The number of unbranched alkanes of at least 4 members (excludes halogenated alkanes) is 1. The van der Waals surface area contributed by atoms with Crippen LogP contribution in [0.15, 0.2) is 17.1 Å². The Labute approximate surface area is 152 Å². The molecule has 7 nitrogen and oxygen atoms in total. The van der Waals surface area contributed by atoms with Crippen LogP contribution in [0.2, 0.25) is 0 Å². The number of guanidine groups is 1. The number of carbonyl (C=O) groups excluding carboxylic acids is 2. The lowest BCUT2D eigenvalue weighted by Crippen LogP contribution is -2.56. The molecule has 1 aliphatic rings. The molecule has 136 valence electrons. The number of aromatic nitrogens is 2. The van der Waals surface area contributed by atoms with E-state index in [0.717, 1.165) is 35.0 Å². The average Bonchev–Trinajstić information content (AvgIpc) is 2.56. The van der Waals surface area contributed by atoms with Gasteiger partial charge in [0.1, 0.15) is 5.92 Å². The average molecular weight is 353 g/mol. The number of hydrogen-bond acceptors (Lipinski definition) is 5. The van der Waals surface area contributed by atoms with E-state index in [9.17, 15) is 9.59 Å². The Morgan fingerprint density at radius 1 is 1.04 bits per heavy atom. The van der Waals surface area contributed by atoms with E-state index in [1.165, 1.54) is 5.56 Å². The lowest BCUT2D eigenvalue weighted by molar-refractivity contribution is -0.135. The molecule has 0 aliphatic carbocycles. The van der Waals surface area contributed by atoms with E-state index in [2.05, 4.69) is 31.7 Å². The third-order valence-electron chi connectivity index (χ3n) is 4.66. The minimum absolute atomic E-state index is 0.0790. The van der Waals surface area contributed by atoms with Gasteiger partial charge in [-0.05, 0) is 50.5 Å². The normalized spacial score (nSPS) is 17.2. The highest BCUT2D eigenvalue weighted by Gasteiger charge is 2.32. The van der Waals surface area contributed by atoms with Crippen LogP contribution in [0.4, 0.5) is 5.95 Å². The molecule has 1 fully saturated rings. The summed E-state index contributed by atoms with van der Waals surface area (Å²) < 4.78 is 0. The largest absolute Gasteiger partial charge is 0.295 e. The first kappa shape index (κ1) is 18.0. The number of amides is 2. The molecule has 0 atom stereocenters. The maximum absolute atomic E-state index is 12.2. The number of hydrogen-bond donors (Lipinski definition) is 2. The zero-order valence-electron chi connectivity index (χ0n) is 15.5. The fourth-order valence-electron chi connectivity index (χ4n) is 2.96. The number of aryl methyl sites for hydroxylation is 3. The molecule has 1 aromatic heterocycles. The minimum atomic E-state index is -0.668. The van der Waals surface area contributed by atoms with Crippen LogP contribution in [-0.4, -0.2) is 27.7 Å². The molecular weight excluding hydrogens is 330 g/mol. The van der Waals surface area contributed by atoms with Gasteiger partial charge >= 0.3 is 0 Å². The summed E-state index contributed by atoms with van der Waals surface area (Å²) in [5.41, 5.74) is 3.89. The maximum Gasteiger partial charge on any atom is 0.253 e. The van der Waals surface area contributed by atoms with Crippen molar-refractivity contribution in [2.75, 3.05) is 0 Å². The summed E-state index contributed by atoms with van der Waals surface area (Å²) in [5, 5.41) is 6.25. The fourth-order valence-corrected chi connectivity index (χ4v) is 2.96. The molecular formula is C19H23N5O2. The molecule has 0 radical (unpaired) electrons. The van der Waals surface area contributed by atoms with Gasteiger partial charge in [-0.15, -0.1) is 0 Å². The van der Waals surface area contributed by atoms with Crippen LogP contribution >= 0.6 is 0 Å². The van der Waals surface area contributed by atoms with Gasteiger partial charge in [0.05, 0.1) is 11.2 Å². The molecule has 2 aromatic rings. The van der Waals surface area contributed by atoms with Crippen LogP contribution in [-0.2, 0) is 9.59 Å². The summed E-state index contributed by atoms with van der Waals surface area (Å²) in [4.78, 5) is 37.4. The van der Waals surface area contributed by atoms with Crippen LogP contribution in [0, 0.1) is 26.7 Å². The summed E-state index contributed by atoms with van der Waals surface area (Å²) in [6.45, 7) is 7.98. The third kappa shape index (κ3) is 3.56. The molecule has 2 heterocycles. The molecule has 1 aromatic carbocycles. The van der Waals surface area contributed by atoms with Gasteiger partial charge in [-0.25, -0.2) is 9.97 Å². The number of aliphatic imine (C=N–C) groups is 1. The van der Waals surface area contributed by atoms with Crippen LogP contribution in [0.3, 0.4) is 0 Å². The molecule has 7 heteroatoms. The van der Waals surface area contributed by atoms with E-state index in [1.54, 1.807) is 0 Å². The van der Waals surface area contributed by atoms with E-state index in [-0.39, 0.29) is 23.7 Å². The van der Waals surface area contributed by atoms with Crippen LogP contribution in [0.25, 0.3) is 10.9 Å². The fraction of sp³-hybridized carbons (Fsp3) is 0.421. The predicted molar refractivity (Wildman–Crippen MR) is 100 cm³/mol. The van der Waals surface area contributed by atoms with Crippen LogP contribution < -0.4 is 10.6 Å². The van der Waals surface area contributed by atoms with Crippen molar-refractivity contribution < 1.29 is 9.59 Å². The van der Waals surface area contributed by atoms with E-state index in [4.69, 9.17) is 0 Å². The minimum Gasteiger partial charge on any atom is -0.295 e. The molecule has 1 saturated heterocycles. The summed E-state index contributed by atoms with van der Waals surface area (Å²) >= 11 is 0. The third-order valence-corrected chi connectivity index (χ3v) is 4.66. The molecule has 0 unspecified atom stereocenters. The molecule has 0 bridgehead atoms. The summed E-state index contributed by atoms with van der Waals surface area (Å²) in [6.07, 6.45) is 2.29. The van der Waals surface area contributed by atoms with Crippen molar-refractivity contribution in [3.05, 3.63) is 29.0 Å². The van der Waals surface area contributed by atoms with E-state index >= 15 is 0 Å². The second-order valence-electron chi connectivity index (χ2n) is 6.70. The van der Waals surface area contributed by atoms with Crippen molar-refractivity contribution in [1.29, 1.82) is 0 Å². The molecule has 2 amide bonds. The summed E-state index contributed by atoms with van der Waals surface area (Å²) in [6, 6.07) is 4.04. The van der Waals surface area contributed by atoms with Gasteiger partial charge in [-0.3, -0.25) is 20.2 Å². The molecule has 3 rings (SSSR count). The Kier molecular flexibility index (Phi) is 4.97. The van der Waals surface area contributed by atoms with Crippen molar-refractivity contribution >= 4 is 34.6 Å². The highest BCUT2D eigenvalue weighted by molar-refractivity contribution is 6.17. The van der Waals surface area contributed by atoms with Gasteiger partial charge in [0.25, 0.3) is 5.95 Å². The first-order valence-corrected chi connectivity index (χ1v) is 8.85. The molecule has 26 heavy (non-hydrogen) atoms. The van der Waals surface area contributed by atoms with Crippen LogP contribution in [0.1, 0.15) is 43.0 Å².